The van der Waals surface area contributed by atoms with Crippen molar-refractivity contribution in [2.45, 2.75) is 59.2 Å². The molecule has 0 fully saturated rings. The molecule has 0 radical (unpaired) electrons. The number of rotatable bonds is 12. The Morgan fingerprint density at radius 3 is 1.36 bits per heavy atom. The largest absolute Gasteiger partial charge is 0.490 e. The second kappa shape index (κ2) is 13.7. The number of ether oxygens (including phenoxy) is 4. The molecule has 0 saturated carbocycles. The molecule has 0 saturated heterocycles. The van der Waals surface area contributed by atoms with Crippen LogP contribution in [-0.4, -0.2) is 37.4 Å². The molecule has 0 heterocycles. The minimum Gasteiger partial charge on any atom is -0.490 e. The van der Waals surface area contributed by atoms with E-state index in [1.807, 2.05) is 24.3 Å². The van der Waals surface area contributed by atoms with Gasteiger partial charge in [0.15, 0.2) is 0 Å². The lowest BCUT2D eigenvalue weighted by Crippen LogP contribution is -2.30. The highest BCUT2D eigenvalue weighted by atomic mass is 16.6. The average Bonchev–Trinajstić information content (AvgIpc) is 3.33. The Balaban J connectivity index is 1.54. The molecular formula is C41H42O6. The molecule has 6 nitrogen and oxygen atoms in total. The summed E-state index contributed by atoms with van der Waals surface area (Å²) in [6.07, 6.45) is -0.854. The monoisotopic (exact) mass is 630 g/mol. The number of carbonyl (C=O) groups is 2. The van der Waals surface area contributed by atoms with Gasteiger partial charge in [0.2, 0.25) is 0 Å². The number of carbonyl (C=O) groups excluding carboxylic acids is 2. The van der Waals surface area contributed by atoms with E-state index in [0.717, 1.165) is 22.3 Å². The summed E-state index contributed by atoms with van der Waals surface area (Å²) in [6.45, 7) is 18.8. The zero-order valence-corrected chi connectivity index (χ0v) is 28.0. The van der Waals surface area contributed by atoms with E-state index < -0.39 is 29.6 Å². The van der Waals surface area contributed by atoms with Crippen LogP contribution in [0.2, 0.25) is 0 Å². The van der Waals surface area contributed by atoms with Crippen LogP contribution in [0.3, 0.4) is 0 Å². The van der Waals surface area contributed by atoms with Gasteiger partial charge in [-0.15, -0.1) is 0 Å². The van der Waals surface area contributed by atoms with Crippen molar-refractivity contribution in [3.8, 4) is 22.6 Å². The summed E-state index contributed by atoms with van der Waals surface area (Å²) < 4.78 is 23.0. The predicted molar refractivity (Wildman–Crippen MR) is 185 cm³/mol. The molecule has 0 spiro atoms. The van der Waals surface area contributed by atoms with Gasteiger partial charge in [0.25, 0.3) is 0 Å². The summed E-state index contributed by atoms with van der Waals surface area (Å²) in [5.74, 6) is 0.531. The van der Waals surface area contributed by atoms with Gasteiger partial charge < -0.3 is 18.9 Å². The van der Waals surface area contributed by atoms with E-state index >= 15 is 0 Å². The molecule has 0 amide bonds. The summed E-state index contributed by atoms with van der Waals surface area (Å²) in [6, 6.07) is 29.6. The molecule has 0 aromatic heterocycles. The molecule has 4 aromatic carbocycles. The molecule has 2 unspecified atom stereocenters. The number of fused-ring (bicyclic) bond motifs is 3. The first-order valence-electron chi connectivity index (χ1n) is 15.8. The summed E-state index contributed by atoms with van der Waals surface area (Å²) in [5, 5.41) is 0. The molecule has 4 aromatic rings. The highest BCUT2D eigenvalue weighted by Gasteiger charge is 2.47. The Hall–Kier alpha value is -5.10. The Bertz CT molecular complexity index is 1720. The molecule has 5 rings (SSSR count). The number of hydrogen-bond donors (Lipinski definition) is 0. The van der Waals surface area contributed by atoms with Crippen molar-refractivity contribution in [3.05, 3.63) is 143 Å². The molecule has 242 valence electrons. The number of hydrogen-bond acceptors (Lipinski definition) is 6. The van der Waals surface area contributed by atoms with E-state index in [1.54, 1.807) is 27.7 Å². The van der Waals surface area contributed by atoms with Crippen LogP contribution in [0.15, 0.2) is 109 Å². The first-order chi connectivity index (χ1) is 22.4. The van der Waals surface area contributed by atoms with Crippen molar-refractivity contribution in [2.75, 3.05) is 13.2 Å². The van der Waals surface area contributed by atoms with E-state index in [9.17, 15) is 9.59 Å². The maximum absolute atomic E-state index is 12.0. The van der Waals surface area contributed by atoms with E-state index in [4.69, 9.17) is 18.9 Å². The van der Waals surface area contributed by atoms with Gasteiger partial charge in [-0.05, 0) is 110 Å². The van der Waals surface area contributed by atoms with Crippen LogP contribution in [0.25, 0.3) is 11.1 Å². The van der Waals surface area contributed by atoms with Gasteiger partial charge in [0, 0.05) is 11.1 Å². The molecule has 47 heavy (non-hydrogen) atoms. The fourth-order valence-electron chi connectivity index (χ4n) is 6.32. The van der Waals surface area contributed by atoms with Gasteiger partial charge in [-0.2, -0.15) is 0 Å². The highest BCUT2D eigenvalue weighted by molar-refractivity contribution is 5.88. The van der Waals surface area contributed by atoms with Crippen LogP contribution in [0.1, 0.15) is 61.1 Å². The Kier molecular flexibility index (Phi) is 9.71. The van der Waals surface area contributed by atoms with Crippen molar-refractivity contribution in [1.29, 1.82) is 0 Å². The third-order valence-electron chi connectivity index (χ3n) is 8.44. The third kappa shape index (κ3) is 6.59. The molecule has 0 bridgehead atoms. The summed E-state index contributed by atoms with van der Waals surface area (Å²) in [5.41, 5.74) is 9.32. The molecule has 1 aliphatic rings. The smallest absolute Gasteiger partial charge is 0.333 e. The van der Waals surface area contributed by atoms with Crippen LogP contribution >= 0.6 is 0 Å². The van der Waals surface area contributed by atoms with Gasteiger partial charge in [0.05, 0.1) is 5.41 Å². The van der Waals surface area contributed by atoms with Crippen molar-refractivity contribution < 1.29 is 28.5 Å². The van der Waals surface area contributed by atoms with Crippen LogP contribution < -0.4 is 9.47 Å². The lowest BCUT2D eigenvalue weighted by atomic mass is 9.65. The van der Waals surface area contributed by atoms with Gasteiger partial charge in [-0.3, -0.25) is 0 Å². The Morgan fingerprint density at radius 1 is 0.617 bits per heavy atom. The Morgan fingerprint density at radius 2 is 1.00 bits per heavy atom. The maximum atomic E-state index is 12.0. The van der Waals surface area contributed by atoms with E-state index in [1.165, 1.54) is 22.3 Å². The van der Waals surface area contributed by atoms with E-state index in [-0.39, 0.29) is 13.2 Å². The van der Waals surface area contributed by atoms with Crippen molar-refractivity contribution >= 4 is 11.9 Å². The normalized spacial score (nSPS) is 13.8. The zero-order chi connectivity index (χ0) is 33.9. The van der Waals surface area contributed by atoms with Crippen LogP contribution in [0.4, 0.5) is 0 Å². The van der Waals surface area contributed by atoms with Crippen molar-refractivity contribution in [3.63, 3.8) is 0 Å². The average molecular weight is 631 g/mol. The van der Waals surface area contributed by atoms with Gasteiger partial charge in [-0.1, -0.05) is 73.8 Å². The van der Waals surface area contributed by atoms with Gasteiger partial charge >= 0.3 is 11.9 Å². The lowest BCUT2D eigenvalue weighted by Gasteiger charge is -2.36. The molecular weight excluding hydrogens is 588 g/mol. The van der Waals surface area contributed by atoms with Crippen molar-refractivity contribution in [2.24, 2.45) is 0 Å². The quantitative estimate of drug-likeness (QED) is 0.102. The summed E-state index contributed by atoms with van der Waals surface area (Å²) >= 11 is 0. The fraction of sp³-hybridized carbons (Fsp3) is 0.268. The summed E-state index contributed by atoms with van der Waals surface area (Å²) in [4.78, 5) is 23.9. The highest BCUT2D eigenvalue weighted by Crippen LogP contribution is 2.57. The predicted octanol–water partition coefficient (Wildman–Crippen LogP) is 8.44. The number of esters is 2. The third-order valence-corrected chi connectivity index (χ3v) is 8.44. The second-order valence-electron chi connectivity index (χ2n) is 12.4. The van der Waals surface area contributed by atoms with E-state index in [0.29, 0.717) is 22.6 Å². The molecule has 1 aliphatic carbocycles. The van der Waals surface area contributed by atoms with Crippen LogP contribution in [0.5, 0.6) is 11.5 Å². The zero-order valence-electron chi connectivity index (χ0n) is 28.0. The minimum atomic E-state index is -0.604. The molecule has 0 aliphatic heterocycles. The standard InChI is InChI=1S/C41H42O6/c1-25(2)39(42)46-29(7)23-44-31-17-19-35(27(5)21-31)41(37-15-11-9-13-33(37)34-14-10-12-16-38(34)41)36-20-18-32(22-28(36)6)45-24-30(8)47-40(43)26(3)4/h9-22,29-30H,1,3,23-24H2,2,4-8H3. The fourth-order valence-corrected chi connectivity index (χ4v) is 6.32. The Labute approximate surface area is 277 Å². The maximum Gasteiger partial charge on any atom is 0.333 e. The minimum absolute atomic E-state index is 0.222. The summed E-state index contributed by atoms with van der Waals surface area (Å²) in [7, 11) is 0. The first kappa shape index (κ1) is 33.3. The van der Waals surface area contributed by atoms with Crippen LogP contribution in [-0.2, 0) is 24.5 Å². The first-order valence-corrected chi connectivity index (χ1v) is 15.8. The van der Waals surface area contributed by atoms with Gasteiger partial charge in [0.1, 0.15) is 36.9 Å². The van der Waals surface area contributed by atoms with Crippen molar-refractivity contribution in [1.82, 2.24) is 0 Å². The molecule has 6 heteroatoms. The molecule has 2 atom stereocenters. The second-order valence-corrected chi connectivity index (χ2v) is 12.4. The number of aryl methyl sites for hydroxylation is 2. The van der Waals surface area contributed by atoms with Crippen LogP contribution in [0, 0.1) is 13.8 Å². The number of benzene rings is 4. The van der Waals surface area contributed by atoms with E-state index in [2.05, 4.69) is 87.7 Å². The lowest BCUT2D eigenvalue weighted by molar-refractivity contribution is -0.145. The molecule has 0 N–H and O–H groups in total. The topological polar surface area (TPSA) is 71.1 Å². The SMILES string of the molecule is C=C(C)C(=O)OC(C)COc1ccc(C2(c3ccc(OCC(C)OC(=O)C(=C)C)cc3C)c3ccccc3-c3ccccc32)c(C)c1. The van der Waals surface area contributed by atoms with Gasteiger partial charge in [-0.25, -0.2) is 9.59 Å².